The molecular weight excluding hydrogens is 256 g/mol. The maximum Gasteiger partial charge on any atom is 0.0614 e. The normalized spacial score (nSPS) is 12.9. The van der Waals surface area contributed by atoms with Gasteiger partial charge in [-0.1, -0.05) is 65.8 Å². The smallest absolute Gasteiger partial charge is 0.0614 e. The van der Waals surface area contributed by atoms with Crippen LogP contribution in [0.4, 0.5) is 0 Å². The van der Waals surface area contributed by atoms with E-state index in [-0.39, 0.29) is 6.61 Å². The van der Waals surface area contributed by atoms with Crippen molar-refractivity contribution in [1.29, 1.82) is 0 Å². The van der Waals surface area contributed by atoms with E-state index in [1.165, 1.54) is 27.5 Å². The Morgan fingerprint density at radius 1 is 0.952 bits per heavy atom. The predicted octanol–water partition coefficient (Wildman–Crippen LogP) is 5.05. The highest BCUT2D eigenvalue weighted by Crippen LogP contribution is 2.21. The van der Waals surface area contributed by atoms with Gasteiger partial charge in [0, 0.05) is 0 Å². The molecule has 0 saturated carbocycles. The molecule has 0 aliphatic heterocycles. The van der Waals surface area contributed by atoms with Crippen molar-refractivity contribution in [3.8, 4) is 0 Å². The highest BCUT2D eigenvalue weighted by molar-refractivity contribution is 5.85. The zero-order valence-electron chi connectivity index (χ0n) is 13.0. The molecular formula is C20H24O. The van der Waals surface area contributed by atoms with Crippen LogP contribution in [0.3, 0.4) is 0 Å². The second-order valence-electron chi connectivity index (χ2n) is 5.64. The van der Waals surface area contributed by atoms with Crippen LogP contribution in [-0.2, 0) is 6.42 Å². The van der Waals surface area contributed by atoms with Crippen molar-refractivity contribution in [1.82, 2.24) is 0 Å². The molecule has 0 unspecified atom stereocenters. The van der Waals surface area contributed by atoms with Crippen LogP contribution in [0.1, 0.15) is 32.3 Å². The van der Waals surface area contributed by atoms with E-state index in [2.05, 4.69) is 62.4 Å². The molecule has 1 heteroatoms. The minimum atomic E-state index is 0.143. The summed E-state index contributed by atoms with van der Waals surface area (Å²) in [5.74, 6) is 0. The van der Waals surface area contributed by atoms with Gasteiger partial charge < -0.3 is 5.11 Å². The van der Waals surface area contributed by atoms with Crippen molar-refractivity contribution < 1.29 is 5.11 Å². The van der Waals surface area contributed by atoms with Gasteiger partial charge in [0.2, 0.25) is 0 Å². The summed E-state index contributed by atoms with van der Waals surface area (Å²) in [6.07, 6.45) is 7.26. The van der Waals surface area contributed by atoms with E-state index in [1.54, 1.807) is 0 Å². The predicted molar refractivity (Wildman–Crippen MR) is 91.5 cm³/mol. The van der Waals surface area contributed by atoms with Crippen LogP contribution in [-0.4, -0.2) is 11.7 Å². The van der Waals surface area contributed by atoms with Crippen molar-refractivity contribution in [2.45, 2.75) is 33.1 Å². The molecule has 0 radical (unpaired) electrons. The summed E-state index contributed by atoms with van der Waals surface area (Å²) in [4.78, 5) is 0. The van der Waals surface area contributed by atoms with E-state index >= 15 is 0 Å². The third kappa shape index (κ3) is 4.57. The van der Waals surface area contributed by atoms with Crippen LogP contribution < -0.4 is 0 Å². The molecule has 1 nitrogen and oxygen atoms in total. The summed E-state index contributed by atoms with van der Waals surface area (Å²) >= 11 is 0. The highest BCUT2D eigenvalue weighted by atomic mass is 16.2. The van der Waals surface area contributed by atoms with Gasteiger partial charge in [0.15, 0.2) is 0 Å². The average molecular weight is 280 g/mol. The van der Waals surface area contributed by atoms with Gasteiger partial charge >= 0.3 is 0 Å². The van der Waals surface area contributed by atoms with Gasteiger partial charge in [-0.3, -0.25) is 0 Å². The van der Waals surface area contributed by atoms with Gasteiger partial charge in [-0.15, -0.1) is 0 Å². The van der Waals surface area contributed by atoms with Gasteiger partial charge in [-0.05, 0) is 49.4 Å². The lowest BCUT2D eigenvalue weighted by atomic mass is 9.98. The Balaban J connectivity index is 2.04. The molecule has 0 saturated heterocycles. The Hall–Kier alpha value is -1.86. The van der Waals surface area contributed by atoms with E-state index in [4.69, 9.17) is 5.11 Å². The minimum Gasteiger partial charge on any atom is -0.392 e. The maximum absolute atomic E-state index is 8.85. The van der Waals surface area contributed by atoms with Gasteiger partial charge in [0.1, 0.15) is 0 Å². The molecule has 0 fully saturated rings. The van der Waals surface area contributed by atoms with Crippen LogP contribution in [0.5, 0.6) is 0 Å². The summed E-state index contributed by atoms with van der Waals surface area (Å²) in [5, 5.41) is 11.5. The molecule has 0 bridgehead atoms. The van der Waals surface area contributed by atoms with Crippen LogP contribution in [0.25, 0.3) is 10.8 Å². The van der Waals surface area contributed by atoms with Gasteiger partial charge in [-0.2, -0.15) is 0 Å². The van der Waals surface area contributed by atoms with E-state index < -0.39 is 0 Å². The number of hydrogen-bond acceptors (Lipinski definition) is 1. The lowest BCUT2D eigenvalue weighted by Crippen LogP contribution is -1.89. The van der Waals surface area contributed by atoms with Crippen molar-refractivity contribution in [3.05, 3.63) is 71.3 Å². The third-order valence-electron chi connectivity index (χ3n) is 3.82. The molecule has 2 aromatic rings. The van der Waals surface area contributed by atoms with Crippen LogP contribution in [0.2, 0.25) is 0 Å². The molecule has 0 spiro atoms. The standard InChI is InChI=1S/C20H24O/c1-16(13-14-21)7-5-8-17(2)15-19-11-6-10-18-9-3-4-12-20(18)19/h3-4,6,8-13,21H,5,7,14-15H2,1-2H3/b16-13+,17-8+. The Morgan fingerprint density at radius 3 is 2.52 bits per heavy atom. The number of rotatable bonds is 6. The van der Waals surface area contributed by atoms with Crippen molar-refractivity contribution >= 4 is 10.8 Å². The number of fused-ring (bicyclic) bond motifs is 1. The summed E-state index contributed by atoms with van der Waals surface area (Å²) in [6, 6.07) is 15.1. The SMILES string of the molecule is C/C(=C\CO)CC/C=C(\C)Cc1cccc2ccccc12. The molecule has 0 aliphatic carbocycles. The second kappa shape index (κ2) is 7.80. The molecule has 1 N–H and O–H groups in total. The monoisotopic (exact) mass is 280 g/mol. The van der Waals surface area contributed by atoms with Gasteiger partial charge in [-0.25, -0.2) is 0 Å². The zero-order chi connectivity index (χ0) is 15.1. The molecule has 2 aromatic carbocycles. The summed E-state index contributed by atoms with van der Waals surface area (Å²) in [6.45, 7) is 4.42. The van der Waals surface area contributed by atoms with Crippen LogP contribution in [0, 0.1) is 0 Å². The highest BCUT2D eigenvalue weighted by Gasteiger charge is 2.01. The van der Waals surface area contributed by atoms with Crippen molar-refractivity contribution in [2.75, 3.05) is 6.61 Å². The number of aliphatic hydroxyl groups is 1. The lowest BCUT2D eigenvalue weighted by Gasteiger charge is -2.07. The van der Waals surface area contributed by atoms with Crippen molar-refractivity contribution in [2.24, 2.45) is 0 Å². The molecule has 0 aromatic heterocycles. The molecule has 0 atom stereocenters. The molecule has 110 valence electrons. The summed E-state index contributed by atoms with van der Waals surface area (Å²) in [5.41, 5.74) is 4.05. The fourth-order valence-electron chi connectivity index (χ4n) is 2.62. The van der Waals surface area contributed by atoms with E-state index in [0.717, 1.165) is 19.3 Å². The lowest BCUT2D eigenvalue weighted by molar-refractivity contribution is 0.341. The molecule has 0 aliphatic rings. The summed E-state index contributed by atoms with van der Waals surface area (Å²) in [7, 11) is 0. The number of aliphatic hydroxyl groups excluding tert-OH is 1. The number of benzene rings is 2. The fraction of sp³-hybridized carbons (Fsp3) is 0.300. The molecule has 21 heavy (non-hydrogen) atoms. The topological polar surface area (TPSA) is 20.2 Å². The molecule has 0 heterocycles. The zero-order valence-corrected chi connectivity index (χ0v) is 13.0. The van der Waals surface area contributed by atoms with Crippen LogP contribution in [0.15, 0.2) is 65.8 Å². The van der Waals surface area contributed by atoms with E-state index in [9.17, 15) is 0 Å². The first-order valence-corrected chi connectivity index (χ1v) is 7.59. The Labute approximate surface area is 127 Å². The van der Waals surface area contributed by atoms with Gasteiger partial charge in [0.05, 0.1) is 6.61 Å². The fourth-order valence-corrected chi connectivity index (χ4v) is 2.62. The van der Waals surface area contributed by atoms with Crippen molar-refractivity contribution in [3.63, 3.8) is 0 Å². The van der Waals surface area contributed by atoms with Gasteiger partial charge in [0.25, 0.3) is 0 Å². The minimum absolute atomic E-state index is 0.143. The second-order valence-corrected chi connectivity index (χ2v) is 5.64. The Morgan fingerprint density at radius 2 is 1.71 bits per heavy atom. The van der Waals surface area contributed by atoms with E-state index in [0.29, 0.717) is 0 Å². The molecule has 0 amide bonds. The molecule has 2 rings (SSSR count). The largest absolute Gasteiger partial charge is 0.392 e. The van der Waals surface area contributed by atoms with E-state index in [1.807, 2.05) is 6.08 Å². The Kier molecular flexibility index (Phi) is 5.77. The Bertz CT molecular complexity index is 644. The number of hydrogen-bond donors (Lipinski definition) is 1. The first kappa shape index (κ1) is 15.5. The maximum atomic E-state index is 8.85. The third-order valence-corrected chi connectivity index (χ3v) is 3.82. The van der Waals surface area contributed by atoms with Crippen LogP contribution >= 0.6 is 0 Å². The average Bonchev–Trinajstić information content (AvgIpc) is 2.48. The first-order chi connectivity index (χ1) is 10.2. The quantitative estimate of drug-likeness (QED) is 0.734. The number of allylic oxidation sites excluding steroid dienone is 3. The first-order valence-electron chi connectivity index (χ1n) is 7.59. The summed E-state index contributed by atoms with van der Waals surface area (Å²) < 4.78 is 0.